The fourth-order valence-corrected chi connectivity index (χ4v) is 3.61. The number of amides is 2. The smallest absolute Gasteiger partial charge is 0.408 e. The molecule has 0 aliphatic carbocycles. The summed E-state index contributed by atoms with van der Waals surface area (Å²) in [6.07, 6.45) is 0.308. The maximum absolute atomic E-state index is 12.6. The predicted octanol–water partition coefficient (Wildman–Crippen LogP) is 2.87. The molecule has 1 atom stereocenters. The summed E-state index contributed by atoms with van der Waals surface area (Å²) in [5.41, 5.74) is 0.285. The summed E-state index contributed by atoms with van der Waals surface area (Å²) in [5.74, 6) is 1.81. The number of alkyl carbamates (subject to hydrolysis) is 1. The van der Waals surface area contributed by atoms with Gasteiger partial charge in [-0.1, -0.05) is 5.16 Å². The zero-order chi connectivity index (χ0) is 24.7. The fourth-order valence-electron chi connectivity index (χ4n) is 3.61. The Morgan fingerprint density at radius 1 is 1.15 bits per heavy atom. The Kier molecular flexibility index (Phi) is 8.49. The molecule has 0 bridgehead atoms. The quantitative estimate of drug-likeness (QED) is 0.583. The highest BCUT2D eigenvalue weighted by atomic mass is 16.6. The maximum atomic E-state index is 12.6. The molecule has 3 rings (SSSR count). The normalized spacial score (nSPS) is 15.6. The van der Waals surface area contributed by atoms with Gasteiger partial charge in [-0.3, -0.25) is 9.69 Å². The number of carbonyl (C=O) groups is 2. The molecular weight excluding hydrogens is 438 g/mol. The summed E-state index contributed by atoms with van der Waals surface area (Å²) >= 11 is 0. The van der Waals surface area contributed by atoms with Gasteiger partial charge in [-0.25, -0.2) is 4.79 Å². The molecule has 34 heavy (non-hydrogen) atoms. The third-order valence-corrected chi connectivity index (χ3v) is 5.32. The predicted molar refractivity (Wildman–Crippen MR) is 126 cm³/mol. The highest BCUT2D eigenvalue weighted by Crippen LogP contribution is 2.20. The number of nitrogens with zero attached hydrogens (tertiary/aromatic N) is 4. The van der Waals surface area contributed by atoms with Gasteiger partial charge in [-0.2, -0.15) is 4.98 Å². The molecule has 2 aromatic rings. The van der Waals surface area contributed by atoms with Crippen molar-refractivity contribution in [3.05, 3.63) is 30.2 Å². The second kappa shape index (κ2) is 11.3. The van der Waals surface area contributed by atoms with E-state index < -0.39 is 17.7 Å². The molecule has 10 heteroatoms. The van der Waals surface area contributed by atoms with Crippen LogP contribution < -0.4 is 10.1 Å². The largest absolute Gasteiger partial charge is 0.494 e. The zero-order valence-electron chi connectivity index (χ0n) is 20.7. The lowest BCUT2D eigenvalue weighted by Gasteiger charge is -2.36. The zero-order valence-corrected chi connectivity index (χ0v) is 20.7. The molecule has 10 nitrogen and oxygen atoms in total. The summed E-state index contributed by atoms with van der Waals surface area (Å²) in [6.45, 7) is 13.2. The molecule has 1 N–H and O–H groups in total. The molecule has 2 amide bonds. The van der Waals surface area contributed by atoms with Crippen molar-refractivity contribution in [2.45, 2.75) is 52.7 Å². The molecule has 0 saturated carbocycles. The van der Waals surface area contributed by atoms with Gasteiger partial charge in [0.1, 0.15) is 17.4 Å². The second-order valence-electron chi connectivity index (χ2n) is 9.40. The molecular formula is C24H35N5O5. The average molecular weight is 474 g/mol. The lowest BCUT2D eigenvalue weighted by atomic mass is 10.2. The van der Waals surface area contributed by atoms with Crippen LogP contribution in [0.4, 0.5) is 4.79 Å². The maximum Gasteiger partial charge on any atom is 0.408 e. The first-order valence-corrected chi connectivity index (χ1v) is 11.6. The van der Waals surface area contributed by atoms with Gasteiger partial charge in [-0.05, 0) is 58.4 Å². The first kappa shape index (κ1) is 25.5. The first-order chi connectivity index (χ1) is 16.1. The molecule has 0 spiro atoms. The summed E-state index contributed by atoms with van der Waals surface area (Å²) in [4.78, 5) is 32.9. The number of nitrogens with one attached hydrogen (secondary N) is 1. The lowest BCUT2D eigenvalue weighted by molar-refractivity contribution is -0.134. The van der Waals surface area contributed by atoms with Crippen LogP contribution in [0.15, 0.2) is 28.8 Å². The van der Waals surface area contributed by atoms with Gasteiger partial charge in [0, 0.05) is 45.2 Å². The van der Waals surface area contributed by atoms with Crippen molar-refractivity contribution in [1.29, 1.82) is 0 Å². The van der Waals surface area contributed by atoms with E-state index in [-0.39, 0.29) is 5.91 Å². The van der Waals surface area contributed by atoms with Crippen LogP contribution in [0.3, 0.4) is 0 Å². The minimum absolute atomic E-state index is 0.0896. The topological polar surface area (TPSA) is 110 Å². The van der Waals surface area contributed by atoms with Crippen molar-refractivity contribution >= 4 is 12.0 Å². The number of hydrogen-bond acceptors (Lipinski definition) is 8. The van der Waals surface area contributed by atoms with Crippen LogP contribution in [0, 0.1) is 6.92 Å². The number of carbonyl (C=O) groups excluding carboxylic acids is 2. The van der Waals surface area contributed by atoms with Gasteiger partial charge in [-0.15, -0.1) is 0 Å². The van der Waals surface area contributed by atoms with Crippen LogP contribution in [0.5, 0.6) is 5.75 Å². The molecule has 1 saturated heterocycles. The Bertz CT molecular complexity index is 945. The van der Waals surface area contributed by atoms with Gasteiger partial charge < -0.3 is 24.2 Å². The Morgan fingerprint density at radius 2 is 1.82 bits per heavy atom. The van der Waals surface area contributed by atoms with Crippen molar-refractivity contribution in [1.82, 2.24) is 25.3 Å². The van der Waals surface area contributed by atoms with Crippen LogP contribution in [0.25, 0.3) is 11.4 Å². The standard InChI is InChI=1S/C24H35N5O5/c1-17(25-23(31)33-24(3,4)5)22(30)29-14-12-28(13-15-29)11-6-16-32-20-9-7-19(8-10-20)21-26-18(2)34-27-21/h7-10,17H,6,11-16H2,1-5H3,(H,25,31)/t17-/m0/s1. The molecule has 186 valence electrons. The molecule has 0 radical (unpaired) electrons. The third-order valence-electron chi connectivity index (χ3n) is 5.32. The van der Waals surface area contributed by atoms with Crippen molar-refractivity contribution in [3.8, 4) is 17.1 Å². The first-order valence-electron chi connectivity index (χ1n) is 11.6. The highest BCUT2D eigenvalue weighted by Gasteiger charge is 2.27. The minimum Gasteiger partial charge on any atom is -0.494 e. The number of aromatic nitrogens is 2. The monoisotopic (exact) mass is 473 g/mol. The summed E-state index contributed by atoms with van der Waals surface area (Å²) in [6, 6.07) is 7.00. The van der Waals surface area contributed by atoms with E-state index in [1.165, 1.54) is 0 Å². The fraction of sp³-hybridized carbons (Fsp3) is 0.583. The van der Waals surface area contributed by atoms with Crippen LogP contribution >= 0.6 is 0 Å². The minimum atomic E-state index is -0.620. The van der Waals surface area contributed by atoms with Gasteiger partial charge >= 0.3 is 6.09 Å². The Balaban J connectivity index is 1.32. The van der Waals surface area contributed by atoms with E-state index in [0.717, 1.165) is 37.4 Å². The van der Waals surface area contributed by atoms with Crippen LogP contribution in [0.2, 0.25) is 0 Å². The van der Waals surface area contributed by atoms with Gasteiger partial charge in [0.05, 0.1) is 6.61 Å². The highest BCUT2D eigenvalue weighted by molar-refractivity contribution is 5.85. The van der Waals surface area contributed by atoms with E-state index in [1.54, 1.807) is 39.5 Å². The van der Waals surface area contributed by atoms with Crippen molar-refractivity contribution in [2.75, 3.05) is 39.3 Å². The average Bonchev–Trinajstić information content (AvgIpc) is 3.22. The number of piperazine rings is 1. The SMILES string of the molecule is Cc1nc(-c2ccc(OCCCN3CCN(C(=O)[C@H](C)NC(=O)OC(C)(C)C)CC3)cc2)no1. The summed E-state index contributed by atoms with van der Waals surface area (Å²) in [5, 5.41) is 6.53. The Labute approximate surface area is 200 Å². The van der Waals surface area contributed by atoms with Crippen LogP contribution in [0.1, 0.15) is 40.0 Å². The lowest BCUT2D eigenvalue weighted by Crippen LogP contribution is -2.54. The molecule has 1 aliphatic heterocycles. The molecule has 2 heterocycles. The number of ether oxygens (including phenoxy) is 2. The summed E-state index contributed by atoms with van der Waals surface area (Å²) < 4.78 is 16.1. The molecule has 1 fully saturated rings. The number of benzene rings is 1. The van der Waals surface area contributed by atoms with Crippen molar-refractivity contribution < 1.29 is 23.6 Å². The third kappa shape index (κ3) is 7.72. The Morgan fingerprint density at radius 3 is 2.41 bits per heavy atom. The molecule has 1 aliphatic rings. The molecule has 1 aromatic carbocycles. The van der Waals surface area contributed by atoms with E-state index in [1.807, 2.05) is 24.3 Å². The van der Waals surface area contributed by atoms with E-state index in [4.69, 9.17) is 14.0 Å². The van der Waals surface area contributed by atoms with Gasteiger partial charge in [0.25, 0.3) is 0 Å². The van der Waals surface area contributed by atoms with E-state index >= 15 is 0 Å². The van der Waals surface area contributed by atoms with E-state index in [2.05, 4.69) is 20.4 Å². The van der Waals surface area contributed by atoms with Crippen molar-refractivity contribution in [2.24, 2.45) is 0 Å². The summed E-state index contributed by atoms with van der Waals surface area (Å²) in [7, 11) is 0. The van der Waals surface area contributed by atoms with Crippen LogP contribution in [-0.4, -0.2) is 82.9 Å². The Hall–Kier alpha value is -3.14. The van der Waals surface area contributed by atoms with Gasteiger partial charge in [0.15, 0.2) is 0 Å². The molecule has 0 unspecified atom stereocenters. The van der Waals surface area contributed by atoms with Crippen molar-refractivity contribution in [3.63, 3.8) is 0 Å². The van der Waals surface area contributed by atoms with E-state index in [0.29, 0.717) is 31.4 Å². The van der Waals surface area contributed by atoms with E-state index in [9.17, 15) is 9.59 Å². The number of aryl methyl sites for hydroxylation is 1. The number of rotatable bonds is 8. The van der Waals surface area contributed by atoms with Crippen LogP contribution in [-0.2, 0) is 9.53 Å². The second-order valence-corrected chi connectivity index (χ2v) is 9.40. The van der Waals surface area contributed by atoms with Gasteiger partial charge in [0.2, 0.25) is 17.6 Å². The molecule has 1 aromatic heterocycles. The number of hydrogen-bond donors (Lipinski definition) is 1.